The molecule has 1 fully saturated rings. The van der Waals surface area contributed by atoms with Gasteiger partial charge in [0.2, 0.25) is 10.0 Å². The van der Waals surface area contributed by atoms with Crippen LogP contribution in [0, 0.1) is 17.6 Å². The predicted molar refractivity (Wildman–Crippen MR) is 137 cm³/mol. The zero-order valence-corrected chi connectivity index (χ0v) is 22.0. The first kappa shape index (κ1) is 25.1. The Morgan fingerprint density at radius 2 is 1.94 bits per heavy atom. The molecule has 3 heterocycles. The van der Waals surface area contributed by atoms with E-state index in [1.54, 1.807) is 16.8 Å². The summed E-state index contributed by atoms with van der Waals surface area (Å²) in [6, 6.07) is 11.9. The van der Waals surface area contributed by atoms with Crippen LogP contribution in [0.3, 0.4) is 0 Å². The smallest absolute Gasteiger partial charge is 0.243 e. The maximum absolute atomic E-state index is 13.7. The molecule has 0 radical (unpaired) electrons. The van der Waals surface area contributed by atoms with Crippen molar-refractivity contribution < 1.29 is 17.2 Å². The molecule has 2 aromatic carbocycles. The summed E-state index contributed by atoms with van der Waals surface area (Å²) in [5, 5.41) is 8.35. The van der Waals surface area contributed by atoms with Crippen LogP contribution in [-0.4, -0.2) is 47.0 Å². The van der Waals surface area contributed by atoms with Gasteiger partial charge in [0.1, 0.15) is 5.82 Å². The molecule has 36 heavy (non-hydrogen) atoms. The van der Waals surface area contributed by atoms with Crippen LogP contribution in [0.15, 0.2) is 64.1 Å². The van der Waals surface area contributed by atoms with E-state index in [1.165, 1.54) is 4.31 Å². The minimum atomic E-state index is -3.95. The molecular formula is C24H21BrClF2N5O2S. The lowest BCUT2D eigenvalue weighted by Crippen LogP contribution is -2.41. The summed E-state index contributed by atoms with van der Waals surface area (Å²) in [6.07, 6.45) is 3.12. The van der Waals surface area contributed by atoms with E-state index < -0.39 is 21.7 Å². The molecule has 12 heteroatoms. The number of nitrogens with one attached hydrogen (secondary N) is 1. The first-order valence-corrected chi connectivity index (χ1v) is 13.8. The number of anilines is 1. The predicted octanol–water partition coefficient (Wildman–Crippen LogP) is 5.60. The van der Waals surface area contributed by atoms with E-state index in [0.29, 0.717) is 41.7 Å². The van der Waals surface area contributed by atoms with E-state index in [4.69, 9.17) is 16.6 Å². The van der Waals surface area contributed by atoms with Gasteiger partial charge in [-0.2, -0.15) is 13.9 Å². The summed E-state index contributed by atoms with van der Waals surface area (Å²) in [7, 11) is -3.95. The van der Waals surface area contributed by atoms with Gasteiger partial charge in [-0.05, 0) is 59.0 Å². The summed E-state index contributed by atoms with van der Waals surface area (Å²) < 4.78 is 56.8. The van der Waals surface area contributed by atoms with E-state index >= 15 is 0 Å². The second-order valence-electron chi connectivity index (χ2n) is 8.56. The van der Waals surface area contributed by atoms with Crippen molar-refractivity contribution in [2.45, 2.75) is 17.7 Å². The van der Waals surface area contributed by atoms with Gasteiger partial charge in [-0.15, -0.1) is 0 Å². The van der Waals surface area contributed by atoms with E-state index in [9.17, 15) is 17.2 Å². The fraction of sp³-hybridized carbons (Fsp3) is 0.250. The summed E-state index contributed by atoms with van der Waals surface area (Å²) in [5.41, 5.74) is 2.06. The lowest BCUT2D eigenvalue weighted by Gasteiger charge is -2.32. The summed E-state index contributed by atoms with van der Waals surface area (Å²) >= 11 is 9.89. The molecule has 1 atom stereocenters. The molecule has 1 unspecified atom stereocenters. The highest BCUT2D eigenvalue weighted by Crippen LogP contribution is 2.31. The number of nitrogens with zero attached hydrogens (tertiary/aromatic N) is 4. The van der Waals surface area contributed by atoms with Crippen LogP contribution in [0.1, 0.15) is 12.8 Å². The number of sulfonamides is 1. The molecule has 0 bridgehead atoms. The third kappa shape index (κ3) is 4.84. The van der Waals surface area contributed by atoms with Crippen molar-refractivity contribution >= 4 is 49.0 Å². The Kier molecular flexibility index (Phi) is 6.99. The Labute approximate surface area is 220 Å². The quantitative estimate of drug-likeness (QED) is 0.313. The molecule has 0 aliphatic carbocycles. The Hall–Kier alpha value is -2.60. The van der Waals surface area contributed by atoms with Crippen molar-refractivity contribution in [2.24, 2.45) is 5.92 Å². The van der Waals surface area contributed by atoms with Crippen LogP contribution in [0.2, 0.25) is 5.02 Å². The number of benzene rings is 2. The summed E-state index contributed by atoms with van der Waals surface area (Å²) in [5.74, 6) is -1.60. The first-order valence-electron chi connectivity index (χ1n) is 11.2. The first-order chi connectivity index (χ1) is 17.2. The van der Waals surface area contributed by atoms with Gasteiger partial charge in [0.15, 0.2) is 17.3 Å². The molecule has 0 amide bonds. The summed E-state index contributed by atoms with van der Waals surface area (Å²) in [6.45, 7) is 1.05. The molecule has 1 saturated heterocycles. The van der Waals surface area contributed by atoms with E-state index in [2.05, 4.69) is 26.3 Å². The van der Waals surface area contributed by atoms with Crippen LogP contribution in [0.5, 0.6) is 0 Å². The molecule has 7 nitrogen and oxygen atoms in total. The molecule has 1 N–H and O–H groups in total. The van der Waals surface area contributed by atoms with Crippen LogP contribution < -0.4 is 5.32 Å². The van der Waals surface area contributed by atoms with Gasteiger partial charge in [-0.1, -0.05) is 29.8 Å². The van der Waals surface area contributed by atoms with Crippen molar-refractivity contribution in [1.82, 2.24) is 18.9 Å². The average Bonchev–Trinajstić information content (AvgIpc) is 3.25. The van der Waals surface area contributed by atoms with Gasteiger partial charge < -0.3 is 5.32 Å². The standard InChI is InChI=1S/C24H21BrClF2N5O2S/c25-18-13-30-33-23(11-22(31-24(18)33)17-5-1-2-6-19(17)26)29-12-15-4-3-9-32(14-15)36(34,35)16-7-8-20(27)21(28)10-16/h1-2,5-8,10-11,13,15,29H,3-4,9,12,14H2. The molecule has 4 aromatic rings. The van der Waals surface area contributed by atoms with E-state index in [1.807, 2.05) is 24.3 Å². The maximum atomic E-state index is 13.7. The van der Waals surface area contributed by atoms with Crippen molar-refractivity contribution in [1.29, 1.82) is 0 Å². The molecule has 1 aliphatic rings. The third-order valence-electron chi connectivity index (χ3n) is 6.16. The molecular weight excluding hydrogens is 576 g/mol. The molecule has 188 valence electrons. The largest absolute Gasteiger partial charge is 0.370 e. The highest BCUT2D eigenvalue weighted by molar-refractivity contribution is 9.10. The Morgan fingerprint density at radius 1 is 1.14 bits per heavy atom. The lowest BCUT2D eigenvalue weighted by molar-refractivity contribution is 0.275. The minimum absolute atomic E-state index is 0.00944. The van der Waals surface area contributed by atoms with Crippen LogP contribution in [0.25, 0.3) is 16.9 Å². The maximum Gasteiger partial charge on any atom is 0.243 e. The lowest BCUT2D eigenvalue weighted by atomic mass is 10.00. The van der Waals surface area contributed by atoms with Gasteiger partial charge in [0, 0.05) is 36.3 Å². The molecule has 2 aromatic heterocycles. The number of hydrogen-bond acceptors (Lipinski definition) is 5. The van der Waals surface area contributed by atoms with E-state index in [0.717, 1.165) is 34.7 Å². The van der Waals surface area contributed by atoms with Gasteiger partial charge in [-0.3, -0.25) is 0 Å². The third-order valence-corrected chi connectivity index (χ3v) is 8.91. The number of fused-ring (bicyclic) bond motifs is 1. The second-order valence-corrected chi connectivity index (χ2v) is 11.8. The number of piperidine rings is 1. The fourth-order valence-corrected chi connectivity index (χ4v) is 6.46. The van der Waals surface area contributed by atoms with Gasteiger partial charge in [0.25, 0.3) is 0 Å². The Bertz CT molecular complexity index is 1550. The number of hydrogen-bond donors (Lipinski definition) is 1. The van der Waals surface area contributed by atoms with Gasteiger partial charge in [-0.25, -0.2) is 22.2 Å². The molecule has 0 spiro atoms. The van der Waals surface area contributed by atoms with Crippen molar-refractivity contribution in [3.63, 3.8) is 0 Å². The van der Waals surface area contributed by atoms with Crippen LogP contribution >= 0.6 is 27.5 Å². The van der Waals surface area contributed by atoms with Gasteiger partial charge >= 0.3 is 0 Å². The molecule has 0 saturated carbocycles. The van der Waals surface area contributed by atoms with Crippen molar-refractivity contribution in [3.8, 4) is 11.3 Å². The number of aromatic nitrogens is 3. The van der Waals surface area contributed by atoms with Gasteiger partial charge in [0.05, 0.1) is 21.3 Å². The second kappa shape index (κ2) is 10.0. The number of rotatable bonds is 6. The zero-order valence-electron chi connectivity index (χ0n) is 18.8. The molecule has 5 rings (SSSR count). The van der Waals surface area contributed by atoms with Crippen LogP contribution in [-0.2, 0) is 10.0 Å². The number of halogens is 4. The fourth-order valence-electron chi connectivity index (χ4n) is 4.32. The van der Waals surface area contributed by atoms with Crippen molar-refractivity contribution in [3.05, 3.63) is 75.9 Å². The van der Waals surface area contributed by atoms with E-state index in [-0.39, 0.29) is 17.4 Å². The Balaban J connectivity index is 1.37. The highest BCUT2D eigenvalue weighted by Gasteiger charge is 2.31. The van der Waals surface area contributed by atoms with Crippen molar-refractivity contribution in [2.75, 3.05) is 25.0 Å². The SMILES string of the molecule is O=S(=O)(c1ccc(F)c(F)c1)N1CCCC(CNc2cc(-c3ccccc3Cl)nc3c(Br)cnn23)C1. The normalized spacial score (nSPS) is 16.9. The molecule has 1 aliphatic heterocycles. The Morgan fingerprint density at radius 3 is 2.72 bits per heavy atom. The highest BCUT2D eigenvalue weighted by atomic mass is 79.9. The summed E-state index contributed by atoms with van der Waals surface area (Å²) in [4.78, 5) is 4.44. The monoisotopic (exact) mass is 595 g/mol. The minimum Gasteiger partial charge on any atom is -0.370 e. The van der Waals surface area contributed by atoms with Crippen LogP contribution in [0.4, 0.5) is 14.6 Å². The topological polar surface area (TPSA) is 79.6 Å². The zero-order chi connectivity index (χ0) is 25.4. The average molecular weight is 597 g/mol.